The van der Waals surface area contributed by atoms with E-state index in [-0.39, 0.29) is 11.3 Å². The van der Waals surface area contributed by atoms with Crippen molar-refractivity contribution in [2.45, 2.75) is 26.3 Å². The average molecular weight is 315 g/mol. The van der Waals surface area contributed by atoms with Gasteiger partial charge in [-0.3, -0.25) is 19.7 Å². The van der Waals surface area contributed by atoms with E-state index in [1.54, 1.807) is 25.1 Å². The number of aromatic nitrogens is 1. The lowest BCUT2D eigenvalue weighted by molar-refractivity contribution is -0.384. The molecule has 0 fully saturated rings. The highest BCUT2D eigenvalue weighted by Crippen LogP contribution is 2.21. The first-order valence-corrected chi connectivity index (χ1v) is 7.17. The summed E-state index contributed by atoms with van der Waals surface area (Å²) < 4.78 is 0. The number of pyridine rings is 1. The van der Waals surface area contributed by atoms with Crippen LogP contribution in [0.1, 0.15) is 41.0 Å². The number of non-ortho nitro benzene ring substituents is 1. The van der Waals surface area contributed by atoms with Crippen molar-refractivity contribution in [2.75, 3.05) is 0 Å². The van der Waals surface area contributed by atoms with Gasteiger partial charge in [0.15, 0.2) is 0 Å². The summed E-state index contributed by atoms with van der Waals surface area (Å²) in [5.41, 5.74) is 0.801. The van der Waals surface area contributed by atoms with Crippen molar-refractivity contribution in [1.29, 1.82) is 0 Å². The van der Waals surface area contributed by atoms with Gasteiger partial charge in [0.25, 0.3) is 17.2 Å². The molecule has 2 aromatic rings. The van der Waals surface area contributed by atoms with Gasteiger partial charge in [-0.1, -0.05) is 19.1 Å². The molecule has 7 heteroatoms. The second kappa shape index (κ2) is 6.87. The van der Waals surface area contributed by atoms with E-state index in [9.17, 15) is 19.7 Å². The number of hydrogen-bond acceptors (Lipinski definition) is 4. The van der Waals surface area contributed by atoms with Crippen LogP contribution < -0.4 is 10.9 Å². The van der Waals surface area contributed by atoms with Gasteiger partial charge in [-0.15, -0.1) is 0 Å². The first kappa shape index (κ1) is 16.4. The molecule has 1 amide bonds. The Hall–Kier alpha value is -2.96. The lowest BCUT2D eigenvalue weighted by Gasteiger charge is -2.17. The molecule has 1 heterocycles. The fourth-order valence-corrected chi connectivity index (χ4v) is 2.26. The molecule has 0 saturated heterocycles. The molecule has 0 saturated carbocycles. The van der Waals surface area contributed by atoms with E-state index in [0.717, 1.165) is 0 Å². The van der Waals surface area contributed by atoms with E-state index in [2.05, 4.69) is 10.3 Å². The summed E-state index contributed by atoms with van der Waals surface area (Å²) in [6.45, 7) is 3.57. The van der Waals surface area contributed by atoms with Gasteiger partial charge in [0.2, 0.25) is 0 Å². The number of nitro groups is 1. The quantitative estimate of drug-likeness (QED) is 0.653. The predicted octanol–water partition coefficient (Wildman–Crippen LogP) is 2.47. The summed E-state index contributed by atoms with van der Waals surface area (Å²) >= 11 is 0. The minimum absolute atomic E-state index is 0.0134. The van der Waals surface area contributed by atoms with Crippen LogP contribution in [0.15, 0.2) is 41.2 Å². The fraction of sp³-hybridized carbons (Fsp3) is 0.250. The molecule has 1 aromatic carbocycles. The molecular weight excluding hydrogens is 298 g/mol. The number of hydrogen-bond donors (Lipinski definition) is 2. The highest BCUT2D eigenvalue weighted by molar-refractivity contribution is 5.94. The Morgan fingerprint density at radius 2 is 2.09 bits per heavy atom. The van der Waals surface area contributed by atoms with Gasteiger partial charge < -0.3 is 10.3 Å². The lowest BCUT2D eigenvalue weighted by atomic mass is 10.0. The Balaban J connectivity index is 2.25. The fourth-order valence-electron chi connectivity index (χ4n) is 2.26. The van der Waals surface area contributed by atoms with Crippen LogP contribution in [0.3, 0.4) is 0 Å². The number of nitro benzene ring substituents is 1. The predicted molar refractivity (Wildman–Crippen MR) is 85.4 cm³/mol. The maximum absolute atomic E-state index is 12.3. The maximum Gasteiger partial charge on any atom is 0.269 e. The topological polar surface area (TPSA) is 105 Å². The van der Waals surface area contributed by atoms with Crippen LogP contribution in [0.2, 0.25) is 0 Å². The number of H-pyrrole nitrogens is 1. The normalized spacial score (nSPS) is 11.7. The van der Waals surface area contributed by atoms with E-state index in [0.29, 0.717) is 17.7 Å². The van der Waals surface area contributed by atoms with Crippen LogP contribution >= 0.6 is 0 Å². The highest BCUT2D eigenvalue weighted by Gasteiger charge is 2.18. The number of carbonyl (C=O) groups is 1. The number of nitrogens with zero attached hydrogens (tertiary/aromatic N) is 1. The van der Waals surface area contributed by atoms with Crippen molar-refractivity contribution in [3.05, 3.63) is 73.7 Å². The third-order valence-corrected chi connectivity index (χ3v) is 3.50. The number of rotatable bonds is 5. The van der Waals surface area contributed by atoms with Crippen LogP contribution in [0.4, 0.5) is 5.69 Å². The zero-order chi connectivity index (χ0) is 17.0. The standard InChI is InChI=1S/C16H17N3O4/c1-3-14(11-5-4-6-12(9-11)19(22)23)18-16(21)13-8-7-10(2)17-15(13)20/h4-9,14H,3H2,1-2H3,(H,17,20)(H,18,21)/t14-/m1/s1. The third kappa shape index (κ3) is 3.82. The first-order valence-electron chi connectivity index (χ1n) is 7.17. The monoisotopic (exact) mass is 315 g/mol. The minimum atomic E-state index is -0.510. The number of nitrogens with one attached hydrogen (secondary N) is 2. The van der Waals surface area contributed by atoms with Crippen LogP contribution in [-0.2, 0) is 0 Å². The molecule has 2 rings (SSSR count). The Morgan fingerprint density at radius 3 is 2.70 bits per heavy atom. The summed E-state index contributed by atoms with van der Waals surface area (Å²) in [7, 11) is 0. The molecule has 1 aromatic heterocycles. The van der Waals surface area contributed by atoms with E-state index in [4.69, 9.17) is 0 Å². The molecule has 0 aliphatic rings. The number of benzene rings is 1. The average Bonchev–Trinajstić information content (AvgIpc) is 2.52. The summed E-state index contributed by atoms with van der Waals surface area (Å²) in [5.74, 6) is -0.510. The molecule has 120 valence electrons. The van der Waals surface area contributed by atoms with Gasteiger partial charge in [-0.2, -0.15) is 0 Å². The Morgan fingerprint density at radius 1 is 1.35 bits per heavy atom. The molecular formula is C16H17N3O4. The van der Waals surface area contributed by atoms with Gasteiger partial charge >= 0.3 is 0 Å². The van der Waals surface area contributed by atoms with E-state index in [1.807, 2.05) is 6.92 Å². The number of aromatic amines is 1. The van der Waals surface area contributed by atoms with E-state index < -0.39 is 22.4 Å². The van der Waals surface area contributed by atoms with Gasteiger partial charge in [0.1, 0.15) is 5.56 Å². The van der Waals surface area contributed by atoms with Crippen molar-refractivity contribution in [2.24, 2.45) is 0 Å². The van der Waals surface area contributed by atoms with E-state index in [1.165, 1.54) is 18.2 Å². The molecule has 0 bridgehead atoms. The Kier molecular flexibility index (Phi) is 4.90. The van der Waals surface area contributed by atoms with Gasteiger partial charge in [-0.25, -0.2) is 0 Å². The SMILES string of the molecule is CC[C@@H](NC(=O)c1ccc(C)[nH]c1=O)c1cccc([N+](=O)[O-])c1. The zero-order valence-corrected chi connectivity index (χ0v) is 12.8. The van der Waals surface area contributed by atoms with Crippen LogP contribution in [0, 0.1) is 17.0 Å². The van der Waals surface area contributed by atoms with Gasteiger partial charge in [0, 0.05) is 17.8 Å². The second-order valence-electron chi connectivity index (χ2n) is 5.17. The van der Waals surface area contributed by atoms with Crippen molar-refractivity contribution >= 4 is 11.6 Å². The second-order valence-corrected chi connectivity index (χ2v) is 5.17. The summed E-state index contributed by atoms with van der Waals surface area (Å²) in [6, 6.07) is 8.79. The Bertz CT molecular complexity index is 798. The largest absolute Gasteiger partial charge is 0.345 e. The number of carbonyl (C=O) groups excluding carboxylic acids is 1. The minimum Gasteiger partial charge on any atom is -0.345 e. The molecule has 23 heavy (non-hydrogen) atoms. The van der Waals surface area contributed by atoms with Gasteiger partial charge in [-0.05, 0) is 31.0 Å². The van der Waals surface area contributed by atoms with Crippen molar-refractivity contribution in [1.82, 2.24) is 10.3 Å². The summed E-state index contributed by atoms with van der Waals surface area (Å²) in [4.78, 5) is 37.0. The Labute approximate surface area is 132 Å². The number of amides is 1. The molecule has 0 aliphatic carbocycles. The van der Waals surface area contributed by atoms with Crippen LogP contribution in [0.5, 0.6) is 0 Å². The molecule has 7 nitrogen and oxygen atoms in total. The smallest absolute Gasteiger partial charge is 0.269 e. The molecule has 2 N–H and O–H groups in total. The summed E-state index contributed by atoms with van der Waals surface area (Å²) in [6.07, 6.45) is 0.538. The number of aryl methyl sites for hydroxylation is 1. The lowest BCUT2D eigenvalue weighted by Crippen LogP contribution is -2.32. The maximum atomic E-state index is 12.3. The summed E-state index contributed by atoms with van der Waals surface area (Å²) in [5, 5.41) is 13.6. The van der Waals surface area contributed by atoms with Crippen LogP contribution in [0.25, 0.3) is 0 Å². The molecule has 0 aliphatic heterocycles. The van der Waals surface area contributed by atoms with Crippen molar-refractivity contribution < 1.29 is 9.72 Å². The van der Waals surface area contributed by atoms with Gasteiger partial charge in [0.05, 0.1) is 11.0 Å². The first-order chi connectivity index (χ1) is 10.9. The molecule has 0 spiro atoms. The zero-order valence-electron chi connectivity index (χ0n) is 12.8. The van der Waals surface area contributed by atoms with Crippen molar-refractivity contribution in [3.63, 3.8) is 0 Å². The molecule has 0 radical (unpaired) electrons. The molecule has 1 atom stereocenters. The van der Waals surface area contributed by atoms with Crippen molar-refractivity contribution in [3.8, 4) is 0 Å². The molecule has 0 unspecified atom stereocenters. The van der Waals surface area contributed by atoms with Crippen LogP contribution in [-0.4, -0.2) is 15.8 Å². The third-order valence-electron chi connectivity index (χ3n) is 3.50. The van der Waals surface area contributed by atoms with E-state index >= 15 is 0 Å². The highest BCUT2D eigenvalue weighted by atomic mass is 16.6.